The number of amides is 1. The van der Waals surface area contributed by atoms with Gasteiger partial charge in [-0.15, -0.1) is 0 Å². The number of hydrogen-bond donors (Lipinski definition) is 1. The quantitative estimate of drug-likeness (QED) is 0.802. The van der Waals surface area contributed by atoms with Crippen molar-refractivity contribution in [1.29, 1.82) is 0 Å². The minimum Gasteiger partial charge on any atom is -0.379 e. The van der Waals surface area contributed by atoms with Gasteiger partial charge in [-0.3, -0.25) is 9.69 Å². The minimum atomic E-state index is -3.38. The van der Waals surface area contributed by atoms with Crippen LogP contribution >= 0.6 is 0 Å². The van der Waals surface area contributed by atoms with E-state index in [2.05, 4.69) is 10.2 Å². The van der Waals surface area contributed by atoms with Gasteiger partial charge in [0.15, 0.2) is 9.84 Å². The van der Waals surface area contributed by atoms with Crippen molar-refractivity contribution in [2.75, 3.05) is 39.1 Å². The van der Waals surface area contributed by atoms with Crippen molar-refractivity contribution >= 4 is 15.7 Å². The average molecular weight is 403 g/mol. The predicted octanol–water partition coefficient (Wildman–Crippen LogP) is 2.20. The van der Waals surface area contributed by atoms with Gasteiger partial charge in [0.2, 0.25) is 0 Å². The van der Waals surface area contributed by atoms with E-state index in [0.29, 0.717) is 25.3 Å². The number of rotatable bonds is 6. The molecule has 2 aromatic rings. The Hall–Kier alpha value is -2.22. The standard InChI is InChI=1S/C21H26N2O4S/c1-16-8-9-18(28(2,25)26)14-19(16)21(24)22-20(17-6-4-3-5-7-17)15-23-10-12-27-13-11-23/h3-9,14,20H,10-13,15H2,1-2H3,(H,22,24). The van der Waals surface area contributed by atoms with Gasteiger partial charge in [0, 0.05) is 31.5 Å². The van der Waals surface area contributed by atoms with Crippen LogP contribution in [0.1, 0.15) is 27.5 Å². The predicted molar refractivity (Wildman–Crippen MR) is 108 cm³/mol. The highest BCUT2D eigenvalue weighted by atomic mass is 32.2. The highest BCUT2D eigenvalue weighted by Gasteiger charge is 2.22. The van der Waals surface area contributed by atoms with Gasteiger partial charge in [0.05, 0.1) is 24.2 Å². The fraction of sp³-hybridized carbons (Fsp3) is 0.381. The molecule has 1 unspecified atom stereocenters. The molecular weight excluding hydrogens is 376 g/mol. The monoisotopic (exact) mass is 402 g/mol. The summed E-state index contributed by atoms with van der Waals surface area (Å²) in [6.07, 6.45) is 1.14. The number of ether oxygens (including phenoxy) is 1. The van der Waals surface area contributed by atoms with Crippen LogP contribution in [0.3, 0.4) is 0 Å². The van der Waals surface area contributed by atoms with E-state index in [9.17, 15) is 13.2 Å². The molecular formula is C21H26N2O4S. The van der Waals surface area contributed by atoms with Crippen LogP contribution in [0, 0.1) is 6.92 Å². The number of sulfone groups is 1. The van der Waals surface area contributed by atoms with Crippen molar-refractivity contribution in [2.24, 2.45) is 0 Å². The van der Waals surface area contributed by atoms with Crippen LogP contribution in [0.2, 0.25) is 0 Å². The van der Waals surface area contributed by atoms with Gasteiger partial charge >= 0.3 is 0 Å². The molecule has 0 aromatic heterocycles. The molecule has 0 saturated carbocycles. The maximum absolute atomic E-state index is 13.0. The summed E-state index contributed by atoms with van der Waals surface area (Å²) in [6.45, 7) is 5.49. The molecule has 1 fully saturated rings. The lowest BCUT2D eigenvalue weighted by atomic mass is 10.0. The lowest BCUT2D eigenvalue weighted by Crippen LogP contribution is -2.43. The number of nitrogens with zero attached hydrogens (tertiary/aromatic N) is 1. The molecule has 1 aliphatic heterocycles. The molecule has 150 valence electrons. The second kappa shape index (κ2) is 8.86. The van der Waals surface area contributed by atoms with Crippen LogP contribution in [-0.2, 0) is 14.6 Å². The van der Waals surface area contributed by atoms with Gasteiger partial charge in [-0.25, -0.2) is 8.42 Å². The molecule has 7 heteroatoms. The first kappa shape index (κ1) is 20.5. The van der Waals surface area contributed by atoms with Crippen LogP contribution in [0.4, 0.5) is 0 Å². The van der Waals surface area contributed by atoms with Gasteiger partial charge in [-0.05, 0) is 30.2 Å². The summed E-state index contributed by atoms with van der Waals surface area (Å²) in [7, 11) is -3.38. The first-order chi connectivity index (χ1) is 13.3. The van der Waals surface area contributed by atoms with E-state index in [-0.39, 0.29) is 16.8 Å². The summed E-state index contributed by atoms with van der Waals surface area (Å²) >= 11 is 0. The van der Waals surface area contributed by atoms with E-state index in [1.165, 1.54) is 12.1 Å². The lowest BCUT2D eigenvalue weighted by Gasteiger charge is -2.31. The highest BCUT2D eigenvalue weighted by molar-refractivity contribution is 7.90. The average Bonchev–Trinajstić information content (AvgIpc) is 2.68. The Kier molecular flexibility index (Phi) is 6.49. The Labute approximate surface area is 166 Å². The number of carbonyl (C=O) groups is 1. The van der Waals surface area contributed by atoms with Crippen molar-refractivity contribution in [3.8, 4) is 0 Å². The minimum absolute atomic E-state index is 0.146. The zero-order chi connectivity index (χ0) is 20.1. The summed E-state index contributed by atoms with van der Waals surface area (Å²) in [5.41, 5.74) is 2.13. The number of benzene rings is 2. The van der Waals surface area contributed by atoms with Gasteiger partial charge in [0.1, 0.15) is 0 Å². The van der Waals surface area contributed by atoms with Gasteiger partial charge < -0.3 is 10.1 Å². The molecule has 1 amide bonds. The Balaban J connectivity index is 1.85. The van der Waals surface area contributed by atoms with Crippen molar-refractivity contribution in [2.45, 2.75) is 17.9 Å². The third-order valence-corrected chi connectivity index (χ3v) is 6.04. The number of morpholine rings is 1. The van der Waals surface area contributed by atoms with E-state index in [4.69, 9.17) is 4.74 Å². The second-order valence-corrected chi connectivity index (χ2v) is 9.11. The van der Waals surface area contributed by atoms with Crippen LogP contribution < -0.4 is 5.32 Å². The molecule has 0 aliphatic carbocycles. The van der Waals surface area contributed by atoms with Crippen molar-refractivity contribution in [1.82, 2.24) is 10.2 Å². The van der Waals surface area contributed by atoms with E-state index in [1.807, 2.05) is 30.3 Å². The first-order valence-electron chi connectivity index (χ1n) is 9.31. The summed E-state index contributed by atoms with van der Waals surface area (Å²) in [6, 6.07) is 14.3. The van der Waals surface area contributed by atoms with Gasteiger partial charge in [0.25, 0.3) is 5.91 Å². The van der Waals surface area contributed by atoms with Crippen LogP contribution in [0.5, 0.6) is 0 Å². The Bertz CT molecular complexity index is 923. The van der Waals surface area contributed by atoms with Gasteiger partial charge in [-0.2, -0.15) is 0 Å². The molecule has 3 rings (SSSR count). The second-order valence-electron chi connectivity index (χ2n) is 7.10. The number of nitrogens with one attached hydrogen (secondary N) is 1. The maximum Gasteiger partial charge on any atom is 0.252 e. The summed E-state index contributed by atoms with van der Waals surface area (Å²) in [4.78, 5) is 15.4. The van der Waals surface area contributed by atoms with E-state index in [1.54, 1.807) is 13.0 Å². The maximum atomic E-state index is 13.0. The molecule has 1 saturated heterocycles. The fourth-order valence-corrected chi connectivity index (χ4v) is 3.92. The van der Waals surface area contributed by atoms with Crippen LogP contribution in [0.15, 0.2) is 53.4 Å². The lowest BCUT2D eigenvalue weighted by molar-refractivity contribution is 0.0332. The zero-order valence-electron chi connectivity index (χ0n) is 16.2. The van der Waals surface area contributed by atoms with Crippen molar-refractivity contribution in [3.05, 3.63) is 65.2 Å². The molecule has 1 aliphatic rings. The topological polar surface area (TPSA) is 75.7 Å². The molecule has 1 heterocycles. The largest absolute Gasteiger partial charge is 0.379 e. The fourth-order valence-electron chi connectivity index (χ4n) is 3.27. The molecule has 1 N–H and O–H groups in total. The van der Waals surface area contributed by atoms with Crippen LogP contribution in [-0.4, -0.2) is 58.3 Å². The Morgan fingerprint density at radius 2 is 1.82 bits per heavy atom. The molecule has 6 nitrogen and oxygen atoms in total. The van der Waals surface area contributed by atoms with Crippen molar-refractivity contribution < 1.29 is 17.9 Å². The number of carbonyl (C=O) groups excluding carboxylic acids is 1. The highest BCUT2D eigenvalue weighted by Crippen LogP contribution is 2.19. The third-order valence-electron chi connectivity index (χ3n) is 4.93. The summed E-state index contributed by atoms with van der Waals surface area (Å²) < 4.78 is 29.2. The zero-order valence-corrected chi connectivity index (χ0v) is 17.0. The smallest absolute Gasteiger partial charge is 0.252 e. The summed E-state index contributed by atoms with van der Waals surface area (Å²) in [5.74, 6) is -0.273. The van der Waals surface area contributed by atoms with E-state index >= 15 is 0 Å². The van der Waals surface area contributed by atoms with Gasteiger partial charge in [-0.1, -0.05) is 36.4 Å². The number of aryl methyl sites for hydroxylation is 1. The first-order valence-corrected chi connectivity index (χ1v) is 11.2. The van der Waals surface area contributed by atoms with E-state index < -0.39 is 9.84 Å². The third kappa shape index (κ3) is 5.19. The Morgan fingerprint density at radius 3 is 2.46 bits per heavy atom. The Morgan fingerprint density at radius 1 is 1.14 bits per heavy atom. The molecule has 0 spiro atoms. The number of hydrogen-bond acceptors (Lipinski definition) is 5. The molecule has 0 radical (unpaired) electrons. The van der Waals surface area contributed by atoms with Crippen molar-refractivity contribution in [3.63, 3.8) is 0 Å². The molecule has 2 aromatic carbocycles. The molecule has 1 atom stereocenters. The van der Waals surface area contributed by atoms with Crippen LogP contribution in [0.25, 0.3) is 0 Å². The normalized spacial score (nSPS) is 16.5. The SMILES string of the molecule is Cc1ccc(S(C)(=O)=O)cc1C(=O)NC(CN1CCOCC1)c1ccccc1. The molecule has 28 heavy (non-hydrogen) atoms. The van der Waals surface area contributed by atoms with E-state index in [0.717, 1.165) is 30.5 Å². The molecule has 0 bridgehead atoms. The summed E-state index contributed by atoms with van der Waals surface area (Å²) in [5, 5.41) is 3.10.